The average Bonchev–Trinajstić information content (AvgIpc) is 3.19. The van der Waals surface area contributed by atoms with Crippen LogP contribution in [0.15, 0.2) is 33.7 Å². The number of nitrogens with zero attached hydrogens (tertiary/aromatic N) is 6. The Kier molecular flexibility index (Phi) is 5.56. The van der Waals surface area contributed by atoms with Crippen LogP contribution in [-0.4, -0.2) is 95.4 Å². The van der Waals surface area contributed by atoms with Crippen molar-refractivity contribution in [2.75, 3.05) is 51.2 Å². The third-order valence-electron chi connectivity index (χ3n) is 6.64. The molecule has 5 rings (SSSR count). The van der Waals surface area contributed by atoms with E-state index in [1.54, 1.807) is 11.9 Å². The van der Waals surface area contributed by atoms with Gasteiger partial charge in [0, 0.05) is 31.0 Å². The van der Waals surface area contributed by atoms with Gasteiger partial charge >= 0.3 is 12.0 Å². The highest BCUT2D eigenvalue weighted by atomic mass is 79.9. The lowest BCUT2D eigenvalue weighted by atomic mass is 10.1. The molecule has 2 fully saturated rings. The van der Waals surface area contributed by atoms with E-state index in [9.17, 15) is 9.59 Å². The molecule has 1 atom stereocenters. The molecule has 1 aromatic rings. The molecule has 1 unspecified atom stereocenters. The summed E-state index contributed by atoms with van der Waals surface area (Å²) in [5.74, 6) is 1.16. The number of amides is 3. The van der Waals surface area contributed by atoms with Crippen molar-refractivity contribution in [3.8, 4) is 0 Å². The van der Waals surface area contributed by atoms with Gasteiger partial charge in [-0.05, 0) is 50.2 Å². The molecule has 4 aliphatic heterocycles. The summed E-state index contributed by atoms with van der Waals surface area (Å²) in [6.07, 6.45) is 4.58. The molecule has 8 nitrogen and oxygen atoms in total. The van der Waals surface area contributed by atoms with Crippen LogP contribution in [0.1, 0.15) is 25.7 Å². The molecule has 9 heteroatoms. The molecular weight excluding hydrogens is 460 g/mol. The molecule has 0 N–H and O–H groups in total. The standard InChI is InChI=1S/C22H28BrN6O2/c1-25-19-18(20(30)29(22(25)31)15-14-26-10-3-2-4-11-26)28-13-5-12-27(21(28)24-19)17-8-6-16(23)7-9-17/h6-9,18H,2-5,10-15H2,1H3/q+1. The van der Waals surface area contributed by atoms with Gasteiger partial charge < -0.3 is 4.90 Å². The lowest BCUT2D eigenvalue weighted by Crippen LogP contribution is -2.64. The van der Waals surface area contributed by atoms with Crippen LogP contribution in [0.3, 0.4) is 0 Å². The fraction of sp³-hybridized carbons (Fsp3) is 0.545. The lowest BCUT2D eigenvalue weighted by molar-refractivity contribution is -0.539. The van der Waals surface area contributed by atoms with Crippen molar-refractivity contribution < 1.29 is 14.2 Å². The maximum atomic E-state index is 13.5. The summed E-state index contributed by atoms with van der Waals surface area (Å²) in [7, 11) is 1.73. The molecule has 4 aliphatic rings. The molecule has 2 saturated heterocycles. The number of carbonyl (C=O) groups excluding carboxylic acids is 2. The third-order valence-corrected chi connectivity index (χ3v) is 7.17. The molecule has 0 aliphatic carbocycles. The molecule has 0 spiro atoms. The van der Waals surface area contributed by atoms with E-state index in [1.807, 2.05) is 24.3 Å². The molecule has 31 heavy (non-hydrogen) atoms. The number of amidine groups is 1. The number of urea groups is 1. The number of hydrogen-bond acceptors (Lipinski definition) is 5. The minimum absolute atomic E-state index is 0.147. The normalized spacial score (nSPS) is 24.5. The van der Waals surface area contributed by atoms with Crippen LogP contribution >= 0.6 is 15.9 Å². The Bertz CT molecular complexity index is 953. The molecule has 164 valence electrons. The number of aliphatic imine (C=N–C) groups is 1. The van der Waals surface area contributed by atoms with Gasteiger partial charge in [-0.15, -0.1) is 0 Å². The van der Waals surface area contributed by atoms with Crippen molar-refractivity contribution in [1.82, 2.24) is 14.7 Å². The first-order chi connectivity index (χ1) is 15.0. The fourth-order valence-electron chi connectivity index (χ4n) is 4.95. The zero-order valence-electron chi connectivity index (χ0n) is 17.8. The van der Waals surface area contributed by atoms with E-state index in [-0.39, 0.29) is 11.9 Å². The zero-order valence-corrected chi connectivity index (χ0v) is 19.4. The maximum absolute atomic E-state index is 13.5. The highest BCUT2D eigenvalue weighted by Crippen LogP contribution is 2.27. The van der Waals surface area contributed by atoms with Gasteiger partial charge in [0.25, 0.3) is 5.91 Å². The smallest absolute Gasteiger partial charge is 0.302 e. The second kappa shape index (κ2) is 8.35. The van der Waals surface area contributed by atoms with E-state index < -0.39 is 6.04 Å². The second-order valence-electron chi connectivity index (χ2n) is 8.58. The number of benzene rings is 1. The quantitative estimate of drug-likeness (QED) is 0.610. The molecule has 0 bridgehead atoms. The van der Waals surface area contributed by atoms with Gasteiger partial charge in [0.1, 0.15) is 5.69 Å². The first-order valence-corrected chi connectivity index (χ1v) is 11.9. The number of halogens is 1. The highest BCUT2D eigenvalue weighted by molar-refractivity contribution is 9.10. The van der Waals surface area contributed by atoms with Gasteiger partial charge in [-0.3, -0.25) is 14.6 Å². The van der Waals surface area contributed by atoms with Crippen LogP contribution in [0, 0.1) is 0 Å². The molecule has 0 aromatic heterocycles. The van der Waals surface area contributed by atoms with Crippen LogP contribution in [0.4, 0.5) is 10.5 Å². The van der Waals surface area contributed by atoms with Gasteiger partial charge in [0.15, 0.2) is 0 Å². The Morgan fingerprint density at radius 1 is 1.03 bits per heavy atom. The molecule has 4 heterocycles. The first kappa shape index (κ1) is 20.6. The van der Waals surface area contributed by atoms with Crippen molar-refractivity contribution in [3.63, 3.8) is 0 Å². The number of fused-ring (bicyclic) bond motifs is 2. The number of likely N-dealkylation sites (N-methyl/N-ethyl adjacent to an activating group) is 1. The van der Waals surface area contributed by atoms with Crippen LogP contribution in [0.25, 0.3) is 0 Å². The predicted molar refractivity (Wildman–Crippen MR) is 123 cm³/mol. The number of rotatable bonds is 4. The molecule has 1 aromatic carbocycles. The van der Waals surface area contributed by atoms with Crippen molar-refractivity contribution in [2.24, 2.45) is 4.99 Å². The lowest BCUT2D eigenvalue weighted by Gasteiger charge is -2.36. The summed E-state index contributed by atoms with van der Waals surface area (Å²) >= 11 is 3.49. The van der Waals surface area contributed by atoms with Crippen LogP contribution in [0.5, 0.6) is 0 Å². The van der Waals surface area contributed by atoms with Crippen LogP contribution in [0.2, 0.25) is 0 Å². The monoisotopic (exact) mass is 487 g/mol. The average molecular weight is 488 g/mol. The van der Waals surface area contributed by atoms with Crippen LogP contribution in [-0.2, 0) is 4.79 Å². The molecule has 0 saturated carbocycles. The first-order valence-electron chi connectivity index (χ1n) is 11.1. The van der Waals surface area contributed by atoms with E-state index in [1.165, 1.54) is 24.2 Å². The third kappa shape index (κ3) is 3.67. The van der Waals surface area contributed by atoms with E-state index >= 15 is 0 Å². The fourth-order valence-corrected chi connectivity index (χ4v) is 5.21. The Labute approximate surface area is 190 Å². The SMILES string of the molecule is CN1C(=O)N(CCN2CCCCC2)C(=O)C2C1=NC1=[N+]2CCCN1c1ccc(Br)cc1. The largest absolute Gasteiger partial charge is 0.397 e. The van der Waals surface area contributed by atoms with Gasteiger partial charge in [0.05, 0.1) is 13.1 Å². The number of likely N-dealkylation sites (tertiary alicyclic amines) is 1. The Morgan fingerprint density at radius 3 is 2.52 bits per heavy atom. The van der Waals surface area contributed by atoms with E-state index in [4.69, 9.17) is 4.99 Å². The van der Waals surface area contributed by atoms with Gasteiger partial charge in [0.2, 0.25) is 11.9 Å². The van der Waals surface area contributed by atoms with Gasteiger partial charge in [-0.25, -0.2) is 14.3 Å². The van der Waals surface area contributed by atoms with Crippen LogP contribution < -0.4 is 4.90 Å². The Morgan fingerprint density at radius 2 is 1.77 bits per heavy atom. The van der Waals surface area contributed by atoms with Crippen molar-refractivity contribution in [2.45, 2.75) is 31.7 Å². The number of carbonyl (C=O) groups is 2. The van der Waals surface area contributed by atoms with Crippen molar-refractivity contribution in [1.29, 1.82) is 0 Å². The number of guanidine groups is 1. The second-order valence-corrected chi connectivity index (χ2v) is 9.50. The summed E-state index contributed by atoms with van der Waals surface area (Å²) in [6.45, 7) is 4.87. The van der Waals surface area contributed by atoms with Gasteiger partial charge in [-0.1, -0.05) is 27.3 Å². The summed E-state index contributed by atoms with van der Waals surface area (Å²) < 4.78 is 3.09. The summed E-state index contributed by atoms with van der Waals surface area (Å²) in [5.41, 5.74) is 1.04. The van der Waals surface area contributed by atoms with Crippen molar-refractivity contribution >= 4 is 45.4 Å². The molecule has 3 amide bonds. The summed E-state index contributed by atoms with van der Waals surface area (Å²) in [5, 5.41) is 0. The molecule has 0 radical (unpaired) electrons. The van der Waals surface area contributed by atoms with Gasteiger partial charge in [-0.2, -0.15) is 0 Å². The highest BCUT2D eigenvalue weighted by Gasteiger charge is 2.54. The van der Waals surface area contributed by atoms with E-state index in [0.717, 1.165) is 55.3 Å². The van der Waals surface area contributed by atoms with Crippen molar-refractivity contribution in [3.05, 3.63) is 28.7 Å². The minimum atomic E-state index is -0.516. The van der Waals surface area contributed by atoms with E-state index in [2.05, 4.69) is 30.3 Å². The summed E-state index contributed by atoms with van der Waals surface area (Å²) in [6, 6.07) is 7.32. The Balaban J connectivity index is 1.41. The number of piperidine rings is 1. The zero-order chi connectivity index (χ0) is 21.5. The van der Waals surface area contributed by atoms with E-state index in [0.29, 0.717) is 12.4 Å². The number of anilines is 1. The predicted octanol–water partition coefficient (Wildman–Crippen LogP) is 2.19. The maximum Gasteiger partial charge on any atom is 0.397 e. The number of hydrogen-bond donors (Lipinski definition) is 0. The number of imide groups is 1. The topological polar surface area (TPSA) is 62.5 Å². The Hall–Kier alpha value is -2.26. The summed E-state index contributed by atoms with van der Waals surface area (Å²) in [4.78, 5) is 38.8. The molecular formula is C22H28BrN6O2+. The minimum Gasteiger partial charge on any atom is -0.302 e.